The van der Waals surface area contributed by atoms with E-state index in [0.29, 0.717) is 25.9 Å². The molecule has 7 nitrogen and oxygen atoms in total. The Balaban J connectivity index is 3.46. The van der Waals surface area contributed by atoms with Gasteiger partial charge in [0.05, 0.1) is 12.7 Å². The Hall–Kier alpha value is -1.63. The number of aliphatic hydroxyl groups is 1. The van der Waals surface area contributed by atoms with Crippen molar-refractivity contribution in [3.63, 3.8) is 0 Å². The highest BCUT2D eigenvalue weighted by Crippen LogP contribution is 2.11. The van der Waals surface area contributed by atoms with Gasteiger partial charge in [-0.05, 0) is 25.7 Å². The van der Waals surface area contributed by atoms with E-state index in [1.54, 1.807) is 0 Å². The van der Waals surface area contributed by atoms with Gasteiger partial charge in [0, 0.05) is 32.4 Å². The molecule has 0 aliphatic rings. The van der Waals surface area contributed by atoms with Crippen LogP contribution in [0, 0.1) is 0 Å². The van der Waals surface area contributed by atoms with Crippen LogP contribution >= 0.6 is 0 Å². The molecule has 0 aliphatic carbocycles. The highest BCUT2D eigenvalue weighted by molar-refractivity contribution is 5.76. The normalized spacial score (nSPS) is 11.8. The third-order valence-electron chi connectivity index (χ3n) is 6.34. The van der Waals surface area contributed by atoms with Crippen LogP contribution in [-0.4, -0.2) is 48.7 Å². The highest BCUT2D eigenvalue weighted by atomic mass is 16.5. The van der Waals surface area contributed by atoms with Crippen molar-refractivity contribution in [3.05, 3.63) is 0 Å². The zero-order valence-electron chi connectivity index (χ0n) is 23.4. The monoisotopic (exact) mass is 512 g/mol. The molecule has 3 N–H and O–H groups in total. The van der Waals surface area contributed by atoms with Crippen molar-refractivity contribution in [1.82, 2.24) is 10.6 Å². The van der Waals surface area contributed by atoms with Gasteiger partial charge in [-0.25, -0.2) is 0 Å². The minimum atomic E-state index is -0.762. The highest BCUT2D eigenvalue weighted by Gasteiger charge is 2.09. The summed E-state index contributed by atoms with van der Waals surface area (Å²) >= 11 is 0. The second kappa shape index (κ2) is 26.4. The first-order chi connectivity index (χ1) is 17.5. The Bertz CT molecular complexity index is 542. The molecule has 0 aliphatic heterocycles. The average Bonchev–Trinajstić information content (AvgIpc) is 2.86. The number of hydrogen-bond donors (Lipinski definition) is 3. The first kappa shape index (κ1) is 34.4. The van der Waals surface area contributed by atoms with Gasteiger partial charge in [-0.1, -0.05) is 97.3 Å². The number of hydrogen-bond acceptors (Lipinski definition) is 5. The van der Waals surface area contributed by atoms with Crippen molar-refractivity contribution in [2.24, 2.45) is 0 Å². The van der Waals surface area contributed by atoms with E-state index < -0.39 is 6.10 Å². The molecule has 2 amide bonds. The standard InChI is InChI=1S/C29H56N2O5/c1-3-5-6-7-8-9-11-14-17-21-27(33)30-24-26(32)25-31-28(34)22-18-15-12-10-13-16-19-23-36-29(35)20-4-2/h26,32H,3-25H2,1-2H3,(H,30,33)(H,31,34). The van der Waals surface area contributed by atoms with Gasteiger partial charge in [0.2, 0.25) is 11.8 Å². The van der Waals surface area contributed by atoms with Crippen molar-refractivity contribution in [2.75, 3.05) is 19.7 Å². The summed E-state index contributed by atoms with van der Waals surface area (Å²) in [5, 5.41) is 15.5. The predicted molar refractivity (Wildman–Crippen MR) is 147 cm³/mol. The number of carbonyl (C=O) groups is 3. The van der Waals surface area contributed by atoms with E-state index in [0.717, 1.165) is 64.2 Å². The lowest BCUT2D eigenvalue weighted by Gasteiger charge is -2.13. The summed E-state index contributed by atoms with van der Waals surface area (Å²) in [6.45, 7) is 5.06. The summed E-state index contributed by atoms with van der Waals surface area (Å²) in [5.41, 5.74) is 0. The van der Waals surface area contributed by atoms with E-state index in [2.05, 4.69) is 17.6 Å². The van der Waals surface area contributed by atoms with Crippen LogP contribution in [0.2, 0.25) is 0 Å². The Morgan fingerprint density at radius 3 is 1.44 bits per heavy atom. The molecule has 0 saturated carbocycles. The molecule has 1 atom stereocenters. The number of nitrogens with one attached hydrogen (secondary N) is 2. The fourth-order valence-corrected chi connectivity index (χ4v) is 4.04. The summed E-state index contributed by atoms with van der Waals surface area (Å²) in [4.78, 5) is 35.1. The average molecular weight is 513 g/mol. The number of esters is 1. The van der Waals surface area contributed by atoms with E-state index in [1.807, 2.05) is 6.92 Å². The maximum Gasteiger partial charge on any atom is 0.305 e. The molecule has 0 spiro atoms. The molecule has 0 heterocycles. The minimum absolute atomic E-state index is 0.0270. The number of ether oxygens (including phenoxy) is 1. The summed E-state index contributed by atoms with van der Waals surface area (Å²) in [7, 11) is 0. The lowest BCUT2D eigenvalue weighted by molar-refractivity contribution is -0.143. The van der Waals surface area contributed by atoms with E-state index in [-0.39, 0.29) is 30.9 Å². The van der Waals surface area contributed by atoms with Crippen LogP contribution < -0.4 is 10.6 Å². The van der Waals surface area contributed by atoms with E-state index in [4.69, 9.17) is 4.74 Å². The maximum absolute atomic E-state index is 11.9. The maximum atomic E-state index is 11.9. The van der Waals surface area contributed by atoms with Crippen LogP contribution in [0.4, 0.5) is 0 Å². The van der Waals surface area contributed by atoms with Crippen molar-refractivity contribution in [2.45, 2.75) is 148 Å². The van der Waals surface area contributed by atoms with Crippen molar-refractivity contribution in [3.8, 4) is 0 Å². The van der Waals surface area contributed by atoms with Crippen LogP contribution in [0.15, 0.2) is 0 Å². The number of amides is 2. The molecule has 7 heteroatoms. The molecule has 0 aromatic rings. The second-order valence-electron chi connectivity index (χ2n) is 10.0. The second-order valence-corrected chi connectivity index (χ2v) is 10.0. The first-order valence-corrected chi connectivity index (χ1v) is 14.9. The number of aliphatic hydroxyl groups excluding tert-OH is 1. The molecule has 0 fully saturated rings. The third kappa shape index (κ3) is 25.5. The molecule has 0 aromatic heterocycles. The summed E-state index contributed by atoms with van der Waals surface area (Å²) in [6.07, 6.45) is 19.7. The van der Waals surface area contributed by atoms with Gasteiger partial charge < -0.3 is 20.5 Å². The van der Waals surface area contributed by atoms with Gasteiger partial charge in [0.1, 0.15) is 0 Å². The van der Waals surface area contributed by atoms with E-state index >= 15 is 0 Å². The van der Waals surface area contributed by atoms with Crippen molar-refractivity contribution >= 4 is 17.8 Å². The molecule has 1 unspecified atom stereocenters. The summed E-state index contributed by atoms with van der Waals surface area (Å²) in [5.74, 6) is -0.179. The minimum Gasteiger partial charge on any atom is -0.466 e. The number of carbonyl (C=O) groups excluding carboxylic acids is 3. The molecule has 36 heavy (non-hydrogen) atoms. The van der Waals surface area contributed by atoms with Gasteiger partial charge in [-0.15, -0.1) is 0 Å². The SMILES string of the molecule is CCCCCCCCCCCC(=O)NCC(O)CNC(=O)CCCCCCCCCOC(=O)CCC. The van der Waals surface area contributed by atoms with E-state index in [1.165, 1.54) is 44.9 Å². The van der Waals surface area contributed by atoms with Gasteiger partial charge in [-0.2, -0.15) is 0 Å². The van der Waals surface area contributed by atoms with Crippen LogP contribution in [-0.2, 0) is 19.1 Å². The quantitative estimate of drug-likeness (QED) is 0.0979. The molecular formula is C29H56N2O5. The predicted octanol–water partition coefficient (Wildman–Crippen LogP) is 5.96. The molecule has 0 bridgehead atoms. The Labute approximate surface area is 220 Å². The molecular weight excluding hydrogens is 456 g/mol. The lowest BCUT2D eigenvalue weighted by Crippen LogP contribution is -2.39. The number of unbranched alkanes of at least 4 members (excludes halogenated alkanes) is 14. The first-order valence-electron chi connectivity index (χ1n) is 14.9. The third-order valence-corrected chi connectivity index (χ3v) is 6.34. The van der Waals surface area contributed by atoms with Gasteiger partial charge in [-0.3, -0.25) is 14.4 Å². The Morgan fingerprint density at radius 1 is 0.583 bits per heavy atom. The molecule has 212 valence electrons. The van der Waals surface area contributed by atoms with Gasteiger partial charge in [0.25, 0.3) is 0 Å². The van der Waals surface area contributed by atoms with E-state index in [9.17, 15) is 19.5 Å². The van der Waals surface area contributed by atoms with Crippen molar-refractivity contribution in [1.29, 1.82) is 0 Å². The van der Waals surface area contributed by atoms with Crippen LogP contribution in [0.5, 0.6) is 0 Å². The topological polar surface area (TPSA) is 105 Å². The lowest BCUT2D eigenvalue weighted by atomic mass is 10.1. The fourth-order valence-electron chi connectivity index (χ4n) is 4.04. The zero-order valence-corrected chi connectivity index (χ0v) is 23.4. The molecule has 0 saturated heterocycles. The number of rotatable bonds is 26. The van der Waals surface area contributed by atoms with Gasteiger partial charge in [0.15, 0.2) is 0 Å². The van der Waals surface area contributed by atoms with Crippen molar-refractivity contribution < 1.29 is 24.2 Å². The Kier molecular flexibility index (Phi) is 25.2. The molecule has 0 rings (SSSR count). The molecule has 0 radical (unpaired) electrons. The van der Waals surface area contributed by atoms with Crippen LogP contribution in [0.25, 0.3) is 0 Å². The van der Waals surface area contributed by atoms with Crippen LogP contribution in [0.1, 0.15) is 142 Å². The molecule has 0 aromatic carbocycles. The largest absolute Gasteiger partial charge is 0.466 e. The summed E-state index contributed by atoms with van der Waals surface area (Å²) < 4.78 is 5.14. The fraction of sp³-hybridized carbons (Fsp3) is 0.897. The van der Waals surface area contributed by atoms with Gasteiger partial charge >= 0.3 is 5.97 Å². The zero-order chi connectivity index (χ0) is 26.7. The van der Waals surface area contributed by atoms with Crippen LogP contribution in [0.3, 0.4) is 0 Å². The summed E-state index contributed by atoms with van der Waals surface area (Å²) in [6, 6.07) is 0. The smallest absolute Gasteiger partial charge is 0.305 e. The Morgan fingerprint density at radius 2 is 1.00 bits per heavy atom.